The van der Waals surface area contributed by atoms with Crippen LogP contribution in [0.4, 0.5) is 0 Å². The van der Waals surface area contributed by atoms with Gasteiger partial charge in [0.25, 0.3) is 0 Å². The highest BCUT2D eigenvalue weighted by atomic mass is 16.3. The van der Waals surface area contributed by atoms with Crippen molar-refractivity contribution in [2.24, 2.45) is 0 Å². The molecule has 0 aromatic carbocycles. The van der Waals surface area contributed by atoms with Gasteiger partial charge in [-0.2, -0.15) is 0 Å². The number of aliphatic hydroxyl groups is 1. The maximum absolute atomic E-state index is 11.4. The molecule has 0 aliphatic carbocycles. The Morgan fingerprint density at radius 1 is 1.41 bits per heavy atom. The number of rotatable bonds is 3. The number of β-amino-alcohol motifs (C(OH)–C–C–N with tert-alkyl or cyclic N) is 1. The van der Waals surface area contributed by atoms with Crippen molar-refractivity contribution in [1.29, 1.82) is 0 Å². The molecule has 4 heteroatoms. The average molecular weight is 242 g/mol. The lowest BCUT2D eigenvalue weighted by Gasteiger charge is -2.58. The fraction of sp³-hybridized carbons (Fsp3) is 0.923. The van der Waals surface area contributed by atoms with Crippen LogP contribution in [-0.4, -0.2) is 64.6 Å². The molecule has 0 saturated carbocycles. The zero-order valence-corrected chi connectivity index (χ0v) is 11.9. The van der Waals surface area contributed by atoms with E-state index in [1.54, 1.807) is 6.92 Å². The smallest absolute Gasteiger partial charge is 0.138 e. The number of hydrogen-bond donors (Lipinski definition) is 1. The summed E-state index contributed by atoms with van der Waals surface area (Å²) in [5.74, 6) is 0. The zero-order valence-electron chi connectivity index (χ0n) is 11.9. The highest BCUT2D eigenvalue weighted by Crippen LogP contribution is 2.34. The van der Waals surface area contributed by atoms with Gasteiger partial charge in [-0.25, -0.2) is 0 Å². The average Bonchev–Trinajstić information content (AvgIpc) is 2.13. The van der Waals surface area contributed by atoms with Crippen molar-refractivity contribution in [2.75, 3.05) is 20.1 Å². The van der Waals surface area contributed by atoms with E-state index in [-0.39, 0.29) is 17.1 Å². The standard InChI is InChI=1S/C13H26N2O2/c1-10(17)7-15-9-12(2,3)14(6)13(4,5)11(15)8-16/h8,10-11,17H,7,9H2,1-6H3. The van der Waals surface area contributed by atoms with Gasteiger partial charge < -0.3 is 9.90 Å². The van der Waals surface area contributed by atoms with Crippen LogP contribution in [0.25, 0.3) is 0 Å². The van der Waals surface area contributed by atoms with Crippen molar-refractivity contribution < 1.29 is 9.90 Å². The topological polar surface area (TPSA) is 43.8 Å². The molecule has 1 rings (SSSR count). The molecule has 0 amide bonds. The first-order valence-corrected chi connectivity index (χ1v) is 6.24. The van der Waals surface area contributed by atoms with E-state index in [0.29, 0.717) is 6.54 Å². The van der Waals surface area contributed by atoms with Crippen molar-refractivity contribution in [1.82, 2.24) is 9.80 Å². The van der Waals surface area contributed by atoms with E-state index < -0.39 is 6.10 Å². The molecule has 1 aliphatic rings. The van der Waals surface area contributed by atoms with E-state index in [0.717, 1.165) is 12.8 Å². The first kappa shape index (κ1) is 14.6. The molecule has 0 aromatic heterocycles. The number of hydrogen-bond acceptors (Lipinski definition) is 4. The maximum atomic E-state index is 11.4. The summed E-state index contributed by atoms with van der Waals surface area (Å²) in [5.41, 5.74) is -0.226. The summed E-state index contributed by atoms with van der Waals surface area (Å²) in [6.45, 7) is 11.6. The second kappa shape index (κ2) is 4.67. The van der Waals surface area contributed by atoms with E-state index in [9.17, 15) is 9.90 Å². The Morgan fingerprint density at radius 2 is 1.94 bits per heavy atom. The first-order valence-electron chi connectivity index (χ1n) is 6.24. The molecule has 1 fully saturated rings. The highest BCUT2D eigenvalue weighted by Gasteiger charge is 2.48. The SMILES string of the molecule is CC(O)CN1CC(C)(C)N(C)C(C)(C)C1C=O. The second-order valence-electron chi connectivity index (χ2n) is 6.38. The monoisotopic (exact) mass is 242 g/mol. The quantitative estimate of drug-likeness (QED) is 0.741. The van der Waals surface area contributed by atoms with E-state index in [1.165, 1.54) is 0 Å². The molecule has 1 heterocycles. The molecule has 100 valence electrons. The van der Waals surface area contributed by atoms with Crippen molar-refractivity contribution in [3.05, 3.63) is 0 Å². The number of carbonyl (C=O) groups is 1. The lowest BCUT2D eigenvalue weighted by molar-refractivity contribution is -0.133. The number of carbonyl (C=O) groups excluding carboxylic acids is 1. The largest absolute Gasteiger partial charge is 0.392 e. The van der Waals surface area contributed by atoms with Gasteiger partial charge in [-0.05, 0) is 41.7 Å². The summed E-state index contributed by atoms with van der Waals surface area (Å²) in [6, 6.07) is -0.171. The highest BCUT2D eigenvalue weighted by molar-refractivity contribution is 5.61. The molecule has 0 radical (unpaired) electrons. The maximum Gasteiger partial charge on any atom is 0.138 e. The molecule has 2 atom stereocenters. The van der Waals surface area contributed by atoms with Crippen LogP contribution in [-0.2, 0) is 4.79 Å². The van der Waals surface area contributed by atoms with Crippen molar-refractivity contribution in [2.45, 2.75) is 57.8 Å². The third kappa shape index (κ3) is 2.69. The molecular weight excluding hydrogens is 216 g/mol. The van der Waals surface area contributed by atoms with Gasteiger partial charge in [0.1, 0.15) is 6.29 Å². The summed E-state index contributed by atoms with van der Waals surface area (Å²) >= 11 is 0. The van der Waals surface area contributed by atoms with Crippen molar-refractivity contribution in [3.8, 4) is 0 Å². The molecule has 0 aromatic rings. The minimum atomic E-state index is -0.410. The van der Waals surface area contributed by atoms with Gasteiger partial charge in [-0.1, -0.05) is 0 Å². The predicted molar refractivity (Wildman–Crippen MR) is 69.0 cm³/mol. The molecule has 1 N–H and O–H groups in total. The Labute approximate surface area is 105 Å². The molecule has 2 unspecified atom stereocenters. The van der Waals surface area contributed by atoms with E-state index in [1.807, 2.05) is 0 Å². The second-order valence-corrected chi connectivity index (χ2v) is 6.38. The summed E-state index contributed by atoms with van der Waals surface area (Å²) in [7, 11) is 2.07. The van der Waals surface area contributed by atoms with Crippen molar-refractivity contribution in [3.63, 3.8) is 0 Å². The van der Waals surface area contributed by atoms with Gasteiger partial charge in [0.05, 0.1) is 12.1 Å². The van der Waals surface area contributed by atoms with Gasteiger partial charge in [0.2, 0.25) is 0 Å². The number of likely N-dealkylation sites (N-methyl/N-ethyl adjacent to an activating group) is 1. The van der Waals surface area contributed by atoms with Gasteiger partial charge in [0.15, 0.2) is 0 Å². The minimum absolute atomic E-state index is 0.00208. The van der Waals surface area contributed by atoms with E-state index >= 15 is 0 Å². The van der Waals surface area contributed by atoms with Crippen LogP contribution in [0.15, 0.2) is 0 Å². The summed E-state index contributed by atoms with van der Waals surface area (Å²) in [4.78, 5) is 15.7. The Kier molecular flexibility index (Phi) is 4.01. The Balaban J connectivity index is 3.03. The van der Waals surface area contributed by atoms with E-state index in [2.05, 4.69) is 44.5 Å². The number of aldehydes is 1. The normalized spacial score (nSPS) is 31.1. The van der Waals surface area contributed by atoms with Crippen LogP contribution in [0.5, 0.6) is 0 Å². The number of nitrogens with zero attached hydrogens (tertiary/aromatic N) is 2. The molecule has 1 aliphatic heterocycles. The number of aliphatic hydroxyl groups excluding tert-OH is 1. The van der Waals surface area contributed by atoms with Crippen molar-refractivity contribution >= 4 is 6.29 Å². The lowest BCUT2D eigenvalue weighted by atomic mass is 9.82. The summed E-state index contributed by atoms with van der Waals surface area (Å²) < 4.78 is 0. The van der Waals surface area contributed by atoms with E-state index in [4.69, 9.17) is 0 Å². The third-order valence-corrected chi connectivity index (χ3v) is 4.11. The predicted octanol–water partition coefficient (Wildman–Crippen LogP) is 0.739. The molecule has 4 nitrogen and oxygen atoms in total. The van der Waals surface area contributed by atoms with Gasteiger partial charge in [-0.3, -0.25) is 9.80 Å². The summed E-state index contributed by atoms with van der Waals surface area (Å²) in [5, 5.41) is 9.55. The zero-order chi connectivity index (χ0) is 13.4. The van der Waals surface area contributed by atoms with Crippen LogP contribution >= 0.6 is 0 Å². The molecule has 17 heavy (non-hydrogen) atoms. The first-order chi connectivity index (χ1) is 7.63. The third-order valence-electron chi connectivity index (χ3n) is 4.11. The minimum Gasteiger partial charge on any atom is -0.392 e. The van der Waals surface area contributed by atoms with Crippen LogP contribution in [0.1, 0.15) is 34.6 Å². The molecule has 0 bridgehead atoms. The molecule has 1 saturated heterocycles. The molecule has 0 spiro atoms. The Morgan fingerprint density at radius 3 is 2.35 bits per heavy atom. The Hall–Kier alpha value is -0.450. The van der Waals surface area contributed by atoms with Crippen LogP contribution in [0.2, 0.25) is 0 Å². The Bertz CT molecular complexity index is 287. The van der Waals surface area contributed by atoms with Crippen LogP contribution in [0.3, 0.4) is 0 Å². The van der Waals surface area contributed by atoms with Crippen LogP contribution < -0.4 is 0 Å². The van der Waals surface area contributed by atoms with Gasteiger partial charge in [0, 0.05) is 24.2 Å². The fourth-order valence-electron chi connectivity index (χ4n) is 2.90. The number of piperazine rings is 1. The van der Waals surface area contributed by atoms with Gasteiger partial charge >= 0.3 is 0 Å². The van der Waals surface area contributed by atoms with Gasteiger partial charge in [-0.15, -0.1) is 0 Å². The van der Waals surface area contributed by atoms with Crippen LogP contribution in [0, 0.1) is 0 Å². The molecular formula is C13H26N2O2. The lowest BCUT2D eigenvalue weighted by Crippen LogP contribution is -2.72. The summed E-state index contributed by atoms with van der Waals surface area (Å²) in [6.07, 6.45) is 0.598. The fourth-order valence-corrected chi connectivity index (χ4v) is 2.90.